The quantitative estimate of drug-likeness (QED) is 0.701. The van der Waals surface area contributed by atoms with E-state index in [2.05, 4.69) is 26.9 Å². The number of hydrogen-bond donors (Lipinski definition) is 0. The maximum absolute atomic E-state index is 12.2. The molecule has 1 fully saturated rings. The predicted octanol–water partition coefficient (Wildman–Crippen LogP) is 0.453. The van der Waals surface area contributed by atoms with E-state index in [0.29, 0.717) is 31.4 Å². The molecule has 1 atom stereocenters. The fourth-order valence-corrected chi connectivity index (χ4v) is 3.04. The number of aryl methyl sites for hydroxylation is 2. The van der Waals surface area contributed by atoms with Gasteiger partial charge in [-0.2, -0.15) is 4.98 Å². The van der Waals surface area contributed by atoms with E-state index in [1.165, 1.54) is 4.57 Å². The van der Waals surface area contributed by atoms with Crippen LogP contribution >= 0.6 is 0 Å². The molecule has 1 unspecified atom stereocenters. The third-order valence-electron chi connectivity index (χ3n) is 4.40. The summed E-state index contributed by atoms with van der Waals surface area (Å²) in [5.74, 6) is 1.83. The third kappa shape index (κ3) is 4.47. The molecule has 9 heteroatoms. The first-order valence-corrected chi connectivity index (χ1v) is 8.95. The molecule has 0 N–H and O–H groups in total. The smallest absolute Gasteiger partial charge is 0.293 e. The summed E-state index contributed by atoms with van der Waals surface area (Å²) in [5.41, 5.74) is -0.114. The summed E-state index contributed by atoms with van der Waals surface area (Å²) in [5, 5.41) is 4.00. The van der Waals surface area contributed by atoms with E-state index in [9.17, 15) is 4.79 Å². The first kappa shape index (κ1) is 18.5. The number of hydrogen-bond acceptors (Lipinski definition) is 8. The molecule has 0 bridgehead atoms. The highest BCUT2D eigenvalue weighted by Crippen LogP contribution is 2.12. The van der Waals surface area contributed by atoms with Crippen LogP contribution in [0.3, 0.4) is 0 Å². The number of aromatic nitrogens is 4. The lowest BCUT2D eigenvalue weighted by molar-refractivity contribution is -0.0292. The highest BCUT2D eigenvalue weighted by molar-refractivity contribution is 5.34. The van der Waals surface area contributed by atoms with Gasteiger partial charge in [0.25, 0.3) is 5.56 Å². The number of anilines is 1. The maximum Gasteiger partial charge on any atom is 0.293 e. The van der Waals surface area contributed by atoms with Gasteiger partial charge >= 0.3 is 0 Å². The monoisotopic (exact) mass is 362 g/mol. The summed E-state index contributed by atoms with van der Waals surface area (Å²) < 4.78 is 12.7. The van der Waals surface area contributed by atoms with Gasteiger partial charge in [0.05, 0.1) is 19.3 Å². The van der Waals surface area contributed by atoms with Gasteiger partial charge in [0.1, 0.15) is 0 Å². The molecular formula is C17H26N6O3. The highest BCUT2D eigenvalue weighted by Gasteiger charge is 2.24. The minimum atomic E-state index is -0.114. The van der Waals surface area contributed by atoms with Crippen LogP contribution in [0.25, 0.3) is 0 Å². The standard InChI is InChI=1S/C17H26N6O3/c1-4-5-14-19-15(26-20-14)12-23-8-9-25-13(11-23)10-22(3)16-17(24)21(2)7-6-18-16/h6-7,13H,4-5,8-12H2,1-3H3. The first-order chi connectivity index (χ1) is 12.6. The molecule has 1 aliphatic rings. The van der Waals surface area contributed by atoms with E-state index < -0.39 is 0 Å². The molecule has 142 valence electrons. The van der Waals surface area contributed by atoms with Gasteiger partial charge in [0, 0.05) is 52.5 Å². The summed E-state index contributed by atoms with van der Waals surface area (Å²) in [6.45, 7) is 5.49. The summed E-state index contributed by atoms with van der Waals surface area (Å²) in [4.78, 5) is 24.9. The zero-order valence-electron chi connectivity index (χ0n) is 15.6. The van der Waals surface area contributed by atoms with Crippen molar-refractivity contribution in [1.29, 1.82) is 0 Å². The van der Waals surface area contributed by atoms with Crippen LogP contribution in [0.15, 0.2) is 21.7 Å². The van der Waals surface area contributed by atoms with Crippen LogP contribution in [0.5, 0.6) is 0 Å². The summed E-state index contributed by atoms with van der Waals surface area (Å²) in [7, 11) is 3.58. The van der Waals surface area contributed by atoms with Crippen LogP contribution in [0.2, 0.25) is 0 Å². The van der Waals surface area contributed by atoms with Gasteiger partial charge in [-0.25, -0.2) is 4.98 Å². The topological polar surface area (TPSA) is 89.5 Å². The SMILES string of the molecule is CCCc1noc(CN2CCOC(CN(C)c3nccn(C)c3=O)C2)n1. The molecule has 0 aromatic carbocycles. The van der Waals surface area contributed by atoms with Crippen molar-refractivity contribution in [3.63, 3.8) is 0 Å². The van der Waals surface area contributed by atoms with Crippen LogP contribution in [-0.4, -0.2) is 64.0 Å². The van der Waals surface area contributed by atoms with Crippen molar-refractivity contribution in [2.45, 2.75) is 32.4 Å². The van der Waals surface area contributed by atoms with Crippen molar-refractivity contribution in [3.8, 4) is 0 Å². The van der Waals surface area contributed by atoms with Crippen molar-refractivity contribution < 1.29 is 9.26 Å². The molecule has 0 amide bonds. The van der Waals surface area contributed by atoms with E-state index in [4.69, 9.17) is 9.26 Å². The Bertz CT molecular complexity index is 774. The lowest BCUT2D eigenvalue weighted by Crippen LogP contribution is -2.47. The van der Waals surface area contributed by atoms with Crippen LogP contribution in [0.1, 0.15) is 25.1 Å². The molecular weight excluding hydrogens is 336 g/mol. The van der Waals surface area contributed by atoms with Crippen LogP contribution in [-0.2, 0) is 24.8 Å². The van der Waals surface area contributed by atoms with Crippen LogP contribution in [0, 0.1) is 0 Å². The normalized spacial score (nSPS) is 18.2. The van der Waals surface area contributed by atoms with E-state index in [-0.39, 0.29) is 11.7 Å². The van der Waals surface area contributed by atoms with Gasteiger partial charge in [-0.1, -0.05) is 12.1 Å². The maximum atomic E-state index is 12.2. The fourth-order valence-electron chi connectivity index (χ4n) is 3.04. The summed E-state index contributed by atoms with van der Waals surface area (Å²) >= 11 is 0. The zero-order valence-corrected chi connectivity index (χ0v) is 15.6. The molecule has 0 saturated carbocycles. The zero-order chi connectivity index (χ0) is 18.5. The number of likely N-dealkylation sites (N-methyl/N-ethyl adjacent to an activating group) is 1. The van der Waals surface area contributed by atoms with Crippen molar-refractivity contribution in [1.82, 2.24) is 24.6 Å². The second kappa shape index (κ2) is 8.41. The highest BCUT2D eigenvalue weighted by atomic mass is 16.5. The van der Waals surface area contributed by atoms with E-state index in [1.807, 2.05) is 11.9 Å². The minimum Gasteiger partial charge on any atom is -0.374 e. The Morgan fingerprint density at radius 1 is 1.42 bits per heavy atom. The van der Waals surface area contributed by atoms with Crippen molar-refractivity contribution >= 4 is 5.82 Å². The van der Waals surface area contributed by atoms with Crippen LogP contribution < -0.4 is 10.5 Å². The number of rotatable bonds is 7. The van der Waals surface area contributed by atoms with Gasteiger partial charge in [-0.05, 0) is 6.42 Å². The Morgan fingerprint density at radius 3 is 3.08 bits per heavy atom. The number of nitrogens with zero attached hydrogens (tertiary/aromatic N) is 6. The summed E-state index contributed by atoms with van der Waals surface area (Å²) in [6.07, 6.45) is 5.09. The van der Waals surface area contributed by atoms with Crippen molar-refractivity contribution in [2.75, 3.05) is 38.2 Å². The lowest BCUT2D eigenvalue weighted by Gasteiger charge is -2.34. The predicted molar refractivity (Wildman–Crippen MR) is 96.1 cm³/mol. The Balaban J connectivity index is 1.57. The Labute approximate surface area is 152 Å². The lowest BCUT2D eigenvalue weighted by atomic mass is 10.2. The molecule has 3 heterocycles. The molecule has 1 saturated heterocycles. The minimum absolute atomic E-state index is 0.0153. The number of morpholine rings is 1. The molecule has 0 radical (unpaired) electrons. The van der Waals surface area contributed by atoms with Gasteiger partial charge in [0.15, 0.2) is 11.6 Å². The Morgan fingerprint density at radius 2 is 2.27 bits per heavy atom. The third-order valence-corrected chi connectivity index (χ3v) is 4.40. The van der Waals surface area contributed by atoms with Gasteiger partial charge in [-0.15, -0.1) is 0 Å². The molecule has 9 nitrogen and oxygen atoms in total. The van der Waals surface area contributed by atoms with Gasteiger partial charge in [0.2, 0.25) is 5.89 Å². The second-order valence-corrected chi connectivity index (χ2v) is 6.63. The van der Waals surface area contributed by atoms with E-state index >= 15 is 0 Å². The van der Waals surface area contributed by atoms with Crippen molar-refractivity contribution in [3.05, 3.63) is 34.5 Å². The van der Waals surface area contributed by atoms with Gasteiger partial charge < -0.3 is 18.7 Å². The molecule has 2 aromatic rings. The molecule has 1 aliphatic heterocycles. The second-order valence-electron chi connectivity index (χ2n) is 6.63. The summed E-state index contributed by atoms with van der Waals surface area (Å²) in [6, 6.07) is 0. The molecule has 2 aromatic heterocycles. The Kier molecular flexibility index (Phi) is 6.00. The van der Waals surface area contributed by atoms with E-state index in [0.717, 1.165) is 31.8 Å². The fraction of sp³-hybridized carbons (Fsp3) is 0.647. The van der Waals surface area contributed by atoms with Crippen LogP contribution in [0.4, 0.5) is 5.82 Å². The van der Waals surface area contributed by atoms with Crippen molar-refractivity contribution in [2.24, 2.45) is 7.05 Å². The largest absolute Gasteiger partial charge is 0.374 e. The Hall–Kier alpha value is -2.26. The molecule has 26 heavy (non-hydrogen) atoms. The molecule has 0 aliphatic carbocycles. The average molecular weight is 362 g/mol. The average Bonchev–Trinajstić information content (AvgIpc) is 3.05. The van der Waals surface area contributed by atoms with Gasteiger partial charge in [-0.3, -0.25) is 9.69 Å². The first-order valence-electron chi connectivity index (χ1n) is 8.95. The number of ether oxygens (including phenoxy) is 1. The molecule has 3 rings (SSSR count). The van der Waals surface area contributed by atoms with E-state index in [1.54, 1.807) is 19.4 Å². The molecule has 0 spiro atoms.